The summed E-state index contributed by atoms with van der Waals surface area (Å²) in [7, 11) is 3.21. The average molecular weight is 556 g/mol. The van der Waals surface area contributed by atoms with Crippen LogP contribution in [0.15, 0.2) is 48.1 Å². The van der Waals surface area contributed by atoms with Gasteiger partial charge < -0.3 is 19.1 Å². The number of carboxylic acids is 1. The average Bonchev–Trinajstić information content (AvgIpc) is 3.47. The Morgan fingerprint density at radius 3 is 2.61 bits per heavy atom. The van der Waals surface area contributed by atoms with Crippen molar-refractivity contribution in [3.05, 3.63) is 76.3 Å². The summed E-state index contributed by atoms with van der Waals surface area (Å²) in [6.45, 7) is 4.86. The van der Waals surface area contributed by atoms with Crippen molar-refractivity contribution in [2.75, 3.05) is 14.2 Å². The molecule has 8 nitrogen and oxygen atoms in total. The molecule has 0 amide bonds. The van der Waals surface area contributed by atoms with Gasteiger partial charge in [-0.1, -0.05) is 31.4 Å². The molecule has 41 heavy (non-hydrogen) atoms. The molecular weight excluding hydrogens is 518 g/mol. The Balaban J connectivity index is 1.61. The van der Waals surface area contributed by atoms with Crippen LogP contribution in [0.2, 0.25) is 0 Å². The lowest BCUT2D eigenvalue weighted by Crippen LogP contribution is -2.40. The lowest BCUT2D eigenvalue weighted by Gasteiger charge is -2.41. The summed E-state index contributed by atoms with van der Waals surface area (Å²) in [5.41, 5.74) is 6.56. The monoisotopic (exact) mass is 555 g/mol. The van der Waals surface area contributed by atoms with E-state index in [-0.39, 0.29) is 5.56 Å². The number of rotatable bonds is 6. The molecule has 0 radical (unpaired) electrons. The van der Waals surface area contributed by atoms with Crippen molar-refractivity contribution in [1.82, 2.24) is 14.3 Å². The van der Waals surface area contributed by atoms with E-state index in [9.17, 15) is 14.7 Å². The van der Waals surface area contributed by atoms with Gasteiger partial charge in [0.05, 0.1) is 36.2 Å². The van der Waals surface area contributed by atoms with Crippen LogP contribution in [0, 0.1) is 12.8 Å². The summed E-state index contributed by atoms with van der Waals surface area (Å²) in [5, 5.41) is 15.4. The highest BCUT2D eigenvalue weighted by Crippen LogP contribution is 2.47. The first-order chi connectivity index (χ1) is 19.8. The number of carbonyl (C=O) groups is 2. The normalized spacial score (nSPS) is 20.9. The lowest BCUT2D eigenvalue weighted by atomic mass is 9.71. The van der Waals surface area contributed by atoms with E-state index >= 15 is 0 Å². The summed E-state index contributed by atoms with van der Waals surface area (Å²) in [6.07, 6.45) is 13.5. The molecule has 1 saturated carbocycles. The molecule has 6 rings (SSSR count). The van der Waals surface area contributed by atoms with Gasteiger partial charge >= 0.3 is 11.9 Å². The molecule has 3 heterocycles. The Kier molecular flexibility index (Phi) is 6.98. The molecule has 0 bridgehead atoms. The molecule has 3 aromatic rings. The first-order valence-corrected chi connectivity index (χ1v) is 14.5. The first-order valence-electron chi connectivity index (χ1n) is 14.5. The van der Waals surface area contributed by atoms with Crippen LogP contribution in [-0.2, 0) is 22.6 Å². The van der Waals surface area contributed by atoms with Gasteiger partial charge in [0.25, 0.3) is 0 Å². The fourth-order valence-corrected chi connectivity index (χ4v) is 7.15. The van der Waals surface area contributed by atoms with Crippen LogP contribution in [0.25, 0.3) is 22.0 Å². The molecular formula is C33H37N3O5. The number of aryl methyl sites for hydroxylation is 2. The Labute approximate surface area is 239 Å². The third-order valence-corrected chi connectivity index (χ3v) is 9.22. The van der Waals surface area contributed by atoms with E-state index in [1.165, 1.54) is 26.4 Å². The third-order valence-electron chi connectivity index (χ3n) is 9.22. The minimum Gasteiger partial charge on any atom is -0.478 e. The molecule has 1 unspecified atom stereocenters. The zero-order chi connectivity index (χ0) is 28.9. The van der Waals surface area contributed by atoms with Crippen LogP contribution in [0.5, 0.6) is 0 Å². The maximum Gasteiger partial charge on any atom is 0.341 e. The van der Waals surface area contributed by atoms with Gasteiger partial charge in [0.1, 0.15) is 5.56 Å². The van der Waals surface area contributed by atoms with E-state index in [4.69, 9.17) is 14.6 Å². The summed E-state index contributed by atoms with van der Waals surface area (Å²) in [5.74, 6) is -0.950. The molecule has 1 aliphatic heterocycles. The number of ether oxygens (including phenoxy) is 2. The quantitative estimate of drug-likeness (QED) is 0.352. The van der Waals surface area contributed by atoms with E-state index in [1.807, 2.05) is 31.7 Å². The summed E-state index contributed by atoms with van der Waals surface area (Å²) < 4.78 is 15.6. The van der Waals surface area contributed by atoms with Crippen molar-refractivity contribution in [3.63, 3.8) is 0 Å². The van der Waals surface area contributed by atoms with Gasteiger partial charge in [-0.25, -0.2) is 9.59 Å². The molecule has 0 saturated heterocycles. The number of carbonyl (C=O) groups excluding carboxylic acids is 1. The van der Waals surface area contributed by atoms with E-state index in [2.05, 4.69) is 28.9 Å². The lowest BCUT2D eigenvalue weighted by molar-refractivity contribution is -0.0293. The molecule has 0 spiro atoms. The number of fused-ring (bicyclic) bond motifs is 5. The second kappa shape index (κ2) is 10.5. The maximum atomic E-state index is 13.1. The largest absolute Gasteiger partial charge is 0.478 e. The highest BCUT2D eigenvalue weighted by Gasteiger charge is 2.40. The molecule has 1 aromatic carbocycles. The molecule has 3 aliphatic rings. The Morgan fingerprint density at radius 2 is 1.93 bits per heavy atom. The van der Waals surface area contributed by atoms with Crippen LogP contribution >= 0.6 is 0 Å². The van der Waals surface area contributed by atoms with Crippen molar-refractivity contribution in [2.45, 2.75) is 71.1 Å². The number of aromatic carboxylic acids is 1. The summed E-state index contributed by atoms with van der Waals surface area (Å²) in [4.78, 5) is 25.0. The molecule has 1 fully saturated rings. The van der Waals surface area contributed by atoms with E-state index in [0.29, 0.717) is 30.3 Å². The number of nitrogens with zero attached hydrogens (tertiary/aromatic N) is 3. The van der Waals surface area contributed by atoms with Gasteiger partial charge in [0, 0.05) is 35.8 Å². The predicted octanol–water partition coefficient (Wildman–Crippen LogP) is 6.43. The number of methoxy groups -OCH3 is 2. The zero-order valence-electron chi connectivity index (χ0n) is 24.2. The fourth-order valence-electron chi connectivity index (χ4n) is 7.15. The molecule has 8 heteroatoms. The highest BCUT2D eigenvalue weighted by molar-refractivity contribution is 6.00. The smallest absolute Gasteiger partial charge is 0.341 e. The van der Waals surface area contributed by atoms with Gasteiger partial charge in [0.15, 0.2) is 0 Å². The van der Waals surface area contributed by atoms with E-state index < -0.39 is 17.5 Å². The number of benzene rings is 1. The van der Waals surface area contributed by atoms with Gasteiger partial charge in [-0.05, 0) is 80.5 Å². The van der Waals surface area contributed by atoms with Crippen molar-refractivity contribution in [1.29, 1.82) is 0 Å². The summed E-state index contributed by atoms with van der Waals surface area (Å²) in [6, 6.07) is 7.40. The second-order valence-corrected chi connectivity index (χ2v) is 11.4. The van der Waals surface area contributed by atoms with Crippen LogP contribution < -0.4 is 0 Å². The molecule has 2 aliphatic carbocycles. The van der Waals surface area contributed by atoms with Gasteiger partial charge in [-0.15, -0.1) is 0 Å². The minimum atomic E-state index is -0.964. The predicted molar refractivity (Wildman–Crippen MR) is 158 cm³/mol. The molecule has 1 N–H and O–H groups in total. The first kappa shape index (κ1) is 27.3. The molecule has 1 atom stereocenters. The van der Waals surface area contributed by atoms with Crippen LogP contribution in [0.3, 0.4) is 0 Å². The highest BCUT2D eigenvalue weighted by atomic mass is 16.5. The van der Waals surface area contributed by atoms with Crippen LogP contribution in [0.1, 0.15) is 83.2 Å². The van der Waals surface area contributed by atoms with Gasteiger partial charge in [-0.2, -0.15) is 5.10 Å². The molecule has 214 valence electrons. The third kappa shape index (κ3) is 4.45. The van der Waals surface area contributed by atoms with Crippen molar-refractivity contribution < 1.29 is 24.2 Å². The number of allylic oxidation sites excluding steroid dienone is 4. The van der Waals surface area contributed by atoms with Crippen LogP contribution in [-0.4, -0.2) is 51.2 Å². The van der Waals surface area contributed by atoms with Crippen molar-refractivity contribution >= 4 is 34.0 Å². The number of aromatic nitrogens is 3. The van der Waals surface area contributed by atoms with Crippen LogP contribution in [0.4, 0.5) is 0 Å². The number of hydrogen-bond donors (Lipinski definition) is 1. The maximum absolute atomic E-state index is 13.1. The standard InChI is InChI=1S/C33H37N3O5/c1-5-36-30(29(20(2)34-36)32(39)40-3)24-15-23-18-33(41-4,25-9-7-6-8-10-25)14-13-26(23)28-16-21-11-12-22(31(37)38)17-27(21)35(28)19-24/h11-13,15-18,25H,5-10,14,19H2,1-4H3,(H,37,38). The van der Waals surface area contributed by atoms with E-state index in [1.54, 1.807) is 12.1 Å². The van der Waals surface area contributed by atoms with Gasteiger partial charge in [0.2, 0.25) is 0 Å². The Hall–Kier alpha value is -3.91. The Morgan fingerprint density at radius 1 is 1.15 bits per heavy atom. The Bertz CT molecular complexity index is 1650. The SMILES string of the molecule is CCn1nc(C)c(C(=O)OC)c1C1=CC2=CC(OC)(C3CCCCC3)CC=C2c2cc3ccc(C(=O)O)cc3n2C1. The minimum absolute atomic E-state index is 0.238. The fraction of sp³-hybridized carbons (Fsp3) is 0.424. The van der Waals surface area contributed by atoms with E-state index in [0.717, 1.165) is 58.3 Å². The zero-order valence-corrected chi connectivity index (χ0v) is 24.2. The van der Waals surface area contributed by atoms with Crippen molar-refractivity contribution in [3.8, 4) is 0 Å². The second-order valence-electron chi connectivity index (χ2n) is 11.4. The summed E-state index contributed by atoms with van der Waals surface area (Å²) >= 11 is 0. The topological polar surface area (TPSA) is 95.6 Å². The number of carboxylic acid groups (broad SMARTS) is 1. The number of hydrogen-bond acceptors (Lipinski definition) is 5. The van der Waals surface area contributed by atoms with Gasteiger partial charge in [-0.3, -0.25) is 4.68 Å². The number of esters is 1. The molecule has 2 aromatic heterocycles. The van der Waals surface area contributed by atoms with Crippen molar-refractivity contribution in [2.24, 2.45) is 5.92 Å².